The number of urea groups is 1. The zero-order valence-corrected chi connectivity index (χ0v) is 19.7. The first kappa shape index (κ1) is 23.8. The average molecular weight is 490 g/mol. The predicted octanol–water partition coefficient (Wildman–Crippen LogP) is 3.81. The normalized spacial score (nSPS) is 10.5. The second kappa shape index (κ2) is 11.2. The number of hydrogen-bond donors (Lipinski definition) is 2. The molecule has 3 N–H and O–H groups in total. The number of benzene rings is 3. The largest absolute Gasteiger partial charge is 0.495 e. The second-order valence-electron chi connectivity index (χ2n) is 7.26. The minimum Gasteiger partial charge on any atom is -0.495 e. The highest BCUT2D eigenvalue weighted by Gasteiger charge is 2.20. The first-order chi connectivity index (χ1) is 17.1. The highest BCUT2D eigenvalue weighted by Crippen LogP contribution is 2.32. The van der Waals surface area contributed by atoms with Crippen molar-refractivity contribution >= 4 is 23.7 Å². The SMILES string of the molecule is COc1ccccc1-n1c(COc2ccccc2-c2ccccc2)nnc1SCC(=O)NC(N)=O. The summed E-state index contributed by atoms with van der Waals surface area (Å²) in [5.41, 5.74) is 7.70. The lowest BCUT2D eigenvalue weighted by atomic mass is 10.1. The number of para-hydroxylation sites is 3. The van der Waals surface area contributed by atoms with Gasteiger partial charge in [0.25, 0.3) is 0 Å². The first-order valence-corrected chi connectivity index (χ1v) is 11.6. The van der Waals surface area contributed by atoms with Gasteiger partial charge in [-0.25, -0.2) is 4.79 Å². The van der Waals surface area contributed by atoms with E-state index in [0.717, 1.165) is 22.9 Å². The Morgan fingerprint density at radius 3 is 2.37 bits per heavy atom. The van der Waals surface area contributed by atoms with Crippen molar-refractivity contribution in [2.75, 3.05) is 12.9 Å². The van der Waals surface area contributed by atoms with Gasteiger partial charge in [0.15, 0.2) is 11.0 Å². The zero-order chi connectivity index (χ0) is 24.6. The van der Waals surface area contributed by atoms with E-state index in [4.69, 9.17) is 15.2 Å². The molecule has 1 heterocycles. The fourth-order valence-corrected chi connectivity index (χ4v) is 4.20. The van der Waals surface area contributed by atoms with Crippen molar-refractivity contribution in [3.8, 4) is 28.3 Å². The number of hydrogen-bond acceptors (Lipinski definition) is 7. The number of nitrogens with two attached hydrogens (primary N) is 1. The van der Waals surface area contributed by atoms with Crippen LogP contribution in [0.5, 0.6) is 11.5 Å². The van der Waals surface area contributed by atoms with Gasteiger partial charge in [-0.15, -0.1) is 10.2 Å². The van der Waals surface area contributed by atoms with E-state index in [0.29, 0.717) is 28.2 Å². The Labute approximate surface area is 206 Å². The molecule has 1 aromatic heterocycles. The molecule has 0 aliphatic rings. The number of methoxy groups -OCH3 is 1. The van der Waals surface area contributed by atoms with E-state index < -0.39 is 11.9 Å². The second-order valence-corrected chi connectivity index (χ2v) is 8.20. The van der Waals surface area contributed by atoms with Crippen LogP contribution in [0, 0.1) is 0 Å². The van der Waals surface area contributed by atoms with Gasteiger partial charge >= 0.3 is 6.03 Å². The first-order valence-electron chi connectivity index (χ1n) is 10.6. The van der Waals surface area contributed by atoms with Crippen LogP contribution in [-0.2, 0) is 11.4 Å². The molecule has 4 rings (SSSR count). The van der Waals surface area contributed by atoms with Gasteiger partial charge in [-0.2, -0.15) is 0 Å². The third-order valence-corrected chi connectivity index (χ3v) is 5.88. The maximum atomic E-state index is 11.9. The van der Waals surface area contributed by atoms with Gasteiger partial charge < -0.3 is 15.2 Å². The number of aromatic nitrogens is 3. The molecule has 3 amide bonds. The average Bonchev–Trinajstić information content (AvgIpc) is 3.29. The number of ether oxygens (including phenoxy) is 2. The molecular weight excluding hydrogens is 466 g/mol. The fraction of sp³-hybridized carbons (Fsp3) is 0.120. The zero-order valence-electron chi connectivity index (χ0n) is 18.9. The van der Waals surface area contributed by atoms with E-state index in [9.17, 15) is 9.59 Å². The van der Waals surface area contributed by atoms with E-state index in [1.54, 1.807) is 11.7 Å². The summed E-state index contributed by atoms with van der Waals surface area (Å²) in [6.07, 6.45) is 0. The number of amides is 3. The number of primary amides is 1. The molecule has 9 nitrogen and oxygen atoms in total. The van der Waals surface area contributed by atoms with Crippen LogP contribution in [0.25, 0.3) is 16.8 Å². The number of imide groups is 1. The molecule has 0 saturated heterocycles. The molecule has 0 saturated carbocycles. The molecule has 0 aliphatic carbocycles. The van der Waals surface area contributed by atoms with Crippen LogP contribution in [0.4, 0.5) is 4.79 Å². The van der Waals surface area contributed by atoms with E-state index in [1.165, 1.54) is 0 Å². The van der Waals surface area contributed by atoms with Gasteiger partial charge in [-0.1, -0.05) is 72.4 Å². The van der Waals surface area contributed by atoms with Gasteiger partial charge in [0, 0.05) is 5.56 Å². The lowest BCUT2D eigenvalue weighted by Crippen LogP contribution is -2.36. The molecule has 0 unspecified atom stereocenters. The van der Waals surface area contributed by atoms with Crippen LogP contribution < -0.4 is 20.5 Å². The highest BCUT2D eigenvalue weighted by molar-refractivity contribution is 7.99. The molecule has 0 aliphatic heterocycles. The maximum absolute atomic E-state index is 11.9. The monoisotopic (exact) mass is 489 g/mol. The Kier molecular flexibility index (Phi) is 7.63. The number of nitrogens with one attached hydrogen (secondary N) is 1. The molecule has 0 fully saturated rings. The lowest BCUT2D eigenvalue weighted by molar-refractivity contribution is -0.117. The van der Waals surface area contributed by atoms with Crippen molar-refractivity contribution in [1.82, 2.24) is 20.1 Å². The van der Waals surface area contributed by atoms with Crippen molar-refractivity contribution in [2.45, 2.75) is 11.8 Å². The van der Waals surface area contributed by atoms with Gasteiger partial charge in [-0.05, 0) is 23.8 Å². The van der Waals surface area contributed by atoms with Crippen LogP contribution in [0.3, 0.4) is 0 Å². The van der Waals surface area contributed by atoms with Crippen LogP contribution in [0.15, 0.2) is 84.0 Å². The summed E-state index contributed by atoms with van der Waals surface area (Å²) in [4.78, 5) is 22.9. The van der Waals surface area contributed by atoms with Crippen molar-refractivity contribution in [3.63, 3.8) is 0 Å². The summed E-state index contributed by atoms with van der Waals surface area (Å²) in [6.45, 7) is 0.114. The smallest absolute Gasteiger partial charge is 0.318 e. The number of thioether (sulfide) groups is 1. The summed E-state index contributed by atoms with van der Waals surface area (Å²) < 4.78 is 13.5. The quantitative estimate of drug-likeness (QED) is 0.343. The van der Waals surface area contributed by atoms with Crippen LogP contribution in [0.1, 0.15) is 5.82 Å². The lowest BCUT2D eigenvalue weighted by Gasteiger charge is -2.15. The minimum absolute atomic E-state index is 0.0755. The third kappa shape index (κ3) is 5.79. The Balaban J connectivity index is 1.64. The van der Waals surface area contributed by atoms with E-state index in [1.807, 2.05) is 84.2 Å². The van der Waals surface area contributed by atoms with Crippen molar-refractivity contribution < 1.29 is 19.1 Å². The van der Waals surface area contributed by atoms with Gasteiger partial charge in [0.1, 0.15) is 18.1 Å². The van der Waals surface area contributed by atoms with Gasteiger partial charge in [0.05, 0.1) is 18.6 Å². The molecule has 0 atom stereocenters. The summed E-state index contributed by atoms with van der Waals surface area (Å²) >= 11 is 1.11. The number of nitrogens with zero attached hydrogens (tertiary/aromatic N) is 3. The Bertz CT molecular complexity index is 1330. The number of rotatable bonds is 9. The Morgan fingerprint density at radius 2 is 1.63 bits per heavy atom. The molecular formula is C25H23N5O4S. The summed E-state index contributed by atoms with van der Waals surface area (Å²) in [6, 6.07) is 24.2. The minimum atomic E-state index is -0.909. The maximum Gasteiger partial charge on any atom is 0.318 e. The van der Waals surface area contributed by atoms with Crippen molar-refractivity contribution in [2.24, 2.45) is 5.73 Å². The molecule has 0 bridgehead atoms. The summed E-state index contributed by atoms with van der Waals surface area (Å²) in [5, 5.41) is 11.0. The highest BCUT2D eigenvalue weighted by atomic mass is 32.2. The molecule has 3 aromatic carbocycles. The molecule has 0 spiro atoms. The molecule has 35 heavy (non-hydrogen) atoms. The number of carbonyl (C=O) groups is 2. The van der Waals surface area contributed by atoms with Gasteiger partial charge in [0.2, 0.25) is 5.91 Å². The van der Waals surface area contributed by atoms with Gasteiger partial charge in [-0.3, -0.25) is 14.7 Å². The molecule has 178 valence electrons. The topological polar surface area (TPSA) is 121 Å². The predicted molar refractivity (Wildman–Crippen MR) is 133 cm³/mol. The van der Waals surface area contributed by atoms with Crippen LogP contribution in [0.2, 0.25) is 0 Å². The summed E-state index contributed by atoms with van der Waals surface area (Å²) in [5.74, 6) is 1.19. The number of carbonyl (C=O) groups excluding carboxylic acids is 2. The Morgan fingerprint density at radius 1 is 0.943 bits per heavy atom. The fourth-order valence-electron chi connectivity index (χ4n) is 3.44. The third-order valence-electron chi connectivity index (χ3n) is 4.95. The van der Waals surface area contributed by atoms with E-state index >= 15 is 0 Å². The van der Waals surface area contributed by atoms with Crippen molar-refractivity contribution in [1.29, 1.82) is 0 Å². The Hall–Kier alpha value is -4.31. The molecule has 4 aromatic rings. The van der Waals surface area contributed by atoms with Crippen molar-refractivity contribution in [3.05, 3.63) is 84.7 Å². The molecule has 0 radical (unpaired) electrons. The van der Waals surface area contributed by atoms with Crippen LogP contribution in [-0.4, -0.2) is 39.6 Å². The molecule has 10 heteroatoms. The summed E-state index contributed by atoms with van der Waals surface area (Å²) in [7, 11) is 1.57. The van der Waals surface area contributed by atoms with Crippen LogP contribution >= 0.6 is 11.8 Å². The van der Waals surface area contributed by atoms with E-state index in [2.05, 4.69) is 10.2 Å². The standard InChI is InChI=1S/C25H23N5O4S/c1-33-21-14-8-6-12-19(21)30-22(28-29-25(30)35-16-23(31)27-24(26)32)15-34-20-13-7-5-11-18(20)17-9-3-2-4-10-17/h2-14H,15-16H2,1H3,(H3,26,27,31,32). The van der Waals surface area contributed by atoms with E-state index in [-0.39, 0.29) is 12.4 Å².